The van der Waals surface area contributed by atoms with Crippen molar-refractivity contribution in [3.8, 4) is 0 Å². The number of hydrogen-bond acceptors (Lipinski definition) is 2. The molecule has 1 aliphatic rings. The van der Waals surface area contributed by atoms with Gasteiger partial charge in [-0.05, 0) is 42.7 Å². The fourth-order valence-electron chi connectivity index (χ4n) is 2.29. The molecule has 0 bridgehead atoms. The zero-order valence-corrected chi connectivity index (χ0v) is 11.7. The molecule has 1 atom stereocenters. The third kappa shape index (κ3) is 2.87. The predicted molar refractivity (Wildman–Crippen MR) is 78.4 cm³/mol. The second kappa shape index (κ2) is 5.17. The largest absolute Gasteiger partial charge is 0.345 e. The van der Waals surface area contributed by atoms with Crippen LogP contribution < -0.4 is 5.32 Å². The van der Waals surface area contributed by atoms with Crippen molar-refractivity contribution in [3.05, 3.63) is 57.8 Å². The summed E-state index contributed by atoms with van der Waals surface area (Å²) in [6, 6.07) is 10.5. The average molecular weight is 271 g/mol. The molecule has 1 heterocycles. The van der Waals surface area contributed by atoms with E-state index in [1.165, 1.54) is 24.0 Å². The highest BCUT2D eigenvalue weighted by Crippen LogP contribution is 2.41. The minimum Gasteiger partial charge on any atom is -0.345 e. The summed E-state index contributed by atoms with van der Waals surface area (Å²) in [6.07, 6.45) is 2.42. The molecule has 1 aliphatic carbocycles. The molecule has 1 aromatic heterocycles. The van der Waals surface area contributed by atoms with Crippen LogP contribution in [0.3, 0.4) is 0 Å². The Morgan fingerprint density at radius 1 is 1.26 bits per heavy atom. The summed E-state index contributed by atoms with van der Waals surface area (Å²) in [5, 5.41) is 7.02. The Morgan fingerprint density at radius 3 is 2.58 bits per heavy atom. The number of hydrogen-bond donors (Lipinski definition) is 1. The summed E-state index contributed by atoms with van der Waals surface area (Å²) in [5.74, 6) is 0.643. The SMILES string of the molecule is Cc1ccc(C(NC(=O)c2ccsc2)C2CC2)cc1. The smallest absolute Gasteiger partial charge is 0.252 e. The van der Waals surface area contributed by atoms with Crippen LogP contribution >= 0.6 is 11.3 Å². The van der Waals surface area contributed by atoms with Crippen LogP contribution in [-0.4, -0.2) is 5.91 Å². The molecular weight excluding hydrogens is 254 g/mol. The Kier molecular flexibility index (Phi) is 3.38. The normalized spacial score (nSPS) is 16.1. The van der Waals surface area contributed by atoms with E-state index in [0.717, 1.165) is 5.56 Å². The third-order valence-electron chi connectivity index (χ3n) is 3.60. The lowest BCUT2D eigenvalue weighted by molar-refractivity contribution is 0.0932. The van der Waals surface area contributed by atoms with Gasteiger partial charge < -0.3 is 5.32 Å². The molecule has 0 aliphatic heterocycles. The molecule has 1 unspecified atom stereocenters. The Hall–Kier alpha value is -1.61. The van der Waals surface area contributed by atoms with Crippen molar-refractivity contribution in [1.82, 2.24) is 5.32 Å². The standard InChI is InChI=1S/C16H17NOS/c1-11-2-4-12(5-3-11)15(13-6-7-13)17-16(18)14-8-9-19-10-14/h2-5,8-10,13,15H,6-7H2,1H3,(H,17,18). The predicted octanol–water partition coefficient (Wildman–Crippen LogP) is 3.94. The summed E-state index contributed by atoms with van der Waals surface area (Å²) >= 11 is 1.56. The topological polar surface area (TPSA) is 29.1 Å². The van der Waals surface area contributed by atoms with Gasteiger partial charge in [-0.1, -0.05) is 29.8 Å². The average Bonchev–Trinajstić information content (AvgIpc) is 3.10. The first-order valence-corrected chi connectivity index (χ1v) is 7.58. The Bertz CT molecular complexity index is 555. The van der Waals surface area contributed by atoms with E-state index in [1.54, 1.807) is 11.3 Å². The van der Waals surface area contributed by atoms with Crippen LogP contribution in [0, 0.1) is 12.8 Å². The number of carbonyl (C=O) groups excluding carboxylic acids is 1. The van der Waals surface area contributed by atoms with Gasteiger partial charge in [0.25, 0.3) is 5.91 Å². The summed E-state index contributed by atoms with van der Waals surface area (Å²) in [6.45, 7) is 2.08. The van der Waals surface area contributed by atoms with E-state index in [1.807, 2.05) is 16.8 Å². The second-order valence-electron chi connectivity index (χ2n) is 5.21. The summed E-state index contributed by atoms with van der Waals surface area (Å²) in [5.41, 5.74) is 3.24. The van der Waals surface area contributed by atoms with Crippen LogP contribution in [0.4, 0.5) is 0 Å². The van der Waals surface area contributed by atoms with E-state index in [2.05, 4.69) is 36.5 Å². The van der Waals surface area contributed by atoms with Gasteiger partial charge in [0.2, 0.25) is 0 Å². The highest BCUT2D eigenvalue weighted by Gasteiger charge is 2.33. The number of carbonyl (C=O) groups is 1. The maximum atomic E-state index is 12.2. The third-order valence-corrected chi connectivity index (χ3v) is 4.28. The van der Waals surface area contributed by atoms with E-state index >= 15 is 0 Å². The zero-order valence-electron chi connectivity index (χ0n) is 10.9. The van der Waals surface area contributed by atoms with Gasteiger partial charge in [-0.3, -0.25) is 4.79 Å². The molecule has 3 rings (SSSR count). The lowest BCUT2D eigenvalue weighted by atomic mass is 10.0. The molecule has 1 amide bonds. The van der Waals surface area contributed by atoms with Crippen molar-refractivity contribution in [3.63, 3.8) is 0 Å². The number of thiophene rings is 1. The maximum Gasteiger partial charge on any atom is 0.252 e. The van der Waals surface area contributed by atoms with Gasteiger partial charge in [0, 0.05) is 5.38 Å². The van der Waals surface area contributed by atoms with E-state index < -0.39 is 0 Å². The fraction of sp³-hybridized carbons (Fsp3) is 0.312. The van der Waals surface area contributed by atoms with Crippen LogP contribution in [-0.2, 0) is 0 Å². The van der Waals surface area contributed by atoms with Crippen molar-refractivity contribution in [1.29, 1.82) is 0 Å². The van der Waals surface area contributed by atoms with E-state index in [9.17, 15) is 4.79 Å². The van der Waals surface area contributed by atoms with Gasteiger partial charge >= 0.3 is 0 Å². The first-order chi connectivity index (χ1) is 9.24. The molecule has 3 heteroatoms. The van der Waals surface area contributed by atoms with Crippen LogP contribution in [0.1, 0.15) is 40.4 Å². The molecule has 0 saturated heterocycles. The van der Waals surface area contributed by atoms with Gasteiger partial charge in [0.15, 0.2) is 0 Å². The minimum absolute atomic E-state index is 0.0405. The molecule has 1 saturated carbocycles. The number of rotatable bonds is 4. The van der Waals surface area contributed by atoms with Crippen LogP contribution in [0.25, 0.3) is 0 Å². The Balaban J connectivity index is 1.78. The van der Waals surface area contributed by atoms with Crippen molar-refractivity contribution < 1.29 is 4.79 Å². The van der Waals surface area contributed by atoms with Gasteiger partial charge in [0.1, 0.15) is 0 Å². The molecule has 1 fully saturated rings. The quantitative estimate of drug-likeness (QED) is 0.896. The van der Waals surface area contributed by atoms with Gasteiger partial charge in [-0.2, -0.15) is 11.3 Å². The first kappa shape index (κ1) is 12.4. The monoisotopic (exact) mass is 271 g/mol. The molecule has 98 valence electrons. The number of nitrogens with one attached hydrogen (secondary N) is 1. The van der Waals surface area contributed by atoms with Crippen molar-refractivity contribution >= 4 is 17.2 Å². The fourth-order valence-corrected chi connectivity index (χ4v) is 2.93. The minimum atomic E-state index is 0.0405. The second-order valence-corrected chi connectivity index (χ2v) is 5.99. The van der Waals surface area contributed by atoms with Crippen LogP contribution in [0.2, 0.25) is 0 Å². The number of aryl methyl sites for hydroxylation is 1. The highest BCUT2D eigenvalue weighted by molar-refractivity contribution is 7.08. The zero-order chi connectivity index (χ0) is 13.2. The van der Waals surface area contributed by atoms with Crippen LogP contribution in [0.5, 0.6) is 0 Å². The molecule has 0 spiro atoms. The molecule has 0 radical (unpaired) electrons. The van der Waals surface area contributed by atoms with Crippen LogP contribution in [0.15, 0.2) is 41.1 Å². The Morgan fingerprint density at radius 2 is 2.00 bits per heavy atom. The van der Waals surface area contributed by atoms with Crippen molar-refractivity contribution in [2.24, 2.45) is 5.92 Å². The summed E-state index contributed by atoms with van der Waals surface area (Å²) in [4.78, 5) is 12.2. The number of amides is 1. The van der Waals surface area contributed by atoms with E-state index in [-0.39, 0.29) is 11.9 Å². The van der Waals surface area contributed by atoms with Gasteiger partial charge in [-0.25, -0.2) is 0 Å². The van der Waals surface area contributed by atoms with Gasteiger partial charge in [0.05, 0.1) is 11.6 Å². The van der Waals surface area contributed by atoms with Crippen molar-refractivity contribution in [2.45, 2.75) is 25.8 Å². The first-order valence-electron chi connectivity index (χ1n) is 6.63. The number of benzene rings is 1. The molecule has 1 aromatic carbocycles. The molecular formula is C16H17NOS. The van der Waals surface area contributed by atoms with E-state index in [0.29, 0.717) is 5.92 Å². The molecule has 19 heavy (non-hydrogen) atoms. The van der Waals surface area contributed by atoms with E-state index in [4.69, 9.17) is 0 Å². The maximum absolute atomic E-state index is 12.2. The highest BCUT2D eigenvalue weighted by atomic mass is 32.1. The summed E-state index contributed by atoms with van der Waals surface area (Å²) < 4.78 is 0. The van der Waals surface area contributed by atoms with Crippen molar-refractivity contribution in [2.75, 3.05) is 0 Å². The molecule has 2 aromatic rings. The Labute approximate surface area is 117 Å². The molecule has 1 N–H and O–H groups in total. The summed E-state index contributed by atoms with van der Waals surface area (Å²) in [7, 11) is 0. The molecule has 2 nitrogen and oxygen atoms in total. The van der Waals surface area contributed by atoms with Gasteiger partial charge in [-0.15, -0.1) is 0 Å². The lowest BCUT2D eigenvalue weighted by Gasteiger charge is -2.18. The lowest BCUT2D eigenvalue weighted by Crippen LogP contribution is -2.29.